The van der Waals surface area contributed by atoms with Gasteiger partial charge in [0.05, 0.1) is 6.61 Å². The standard InChI is InChI=1S/C21H27NO2/c1-15(2)18-8-11-20(12-9-18)24-13-5-6-21(23)22-19-10-7-16(3)17(4)14-19/h7-12,14-15H,5-6,13H2,1-4H3,(H,22,23). The van der Waals surface area contributed by atoms with E-state index in [1.807, 2.05) is 37.3 Å². The molecule has 0 radical (unpaired) electrons. The first-order valence-corrected chi connectivity index (χ1v) is 8.55. The first kappa shape index (κ1) is 18.1. The second-order valence-electron chi connectivity index (χ2n) is 6.52. The predicted octanol–water partition coefficient (Wildman–Crippen LogP) is 5.22. The van der Waals surface area contributed by atoms with Crippen LogP contribution in [0.4, 0.5) is 5.69 Å². The number of nitrogens with one attached hydrogen (secondary N) is 1. The van der Waals surface area contributed by atoms with E-state index in [-0.39, 0.29) is 5.91 Å². The maximum Gasteiger partial charge on any atom is 0.224 e. The van der Waals surface area contributed by atoms with Gasteiger partial charge in [0.15, 0.2) is 0 Å². The number of hydrogen-bond donors (Lipinski definition) is 1. The molecule has 0 atom stereocenters. The summed E-state index contributed by atoms with van der Waals surface area (Å²) in [5, 5.41) is 2.93. The van der Waals surface area contributed by atoms with Crippen LogP contribution in [0.25, 0.3) is 0 Å². The van der Waals surface area contributed by atoms with Crippen molar-refractivity contribution in [2.24, 2.45) is 0 Å². The second-order valence-corrected chi connectivity index (χ2v) is 6.52. The predicted molar refractivity (Wildman–Crippen MR) is 99.8 cm³/mol. The van der Waals surface area contributed by atoms with Crippen molar-refractivity contribution in [2.75, 3.05) is 11.9 Å². The molecule has 128 valence electrons. The topological polar surface area (TPSA) is 38.3 Å². The minimum atomic E-state index is 0.0250. The van der Waals surface area contributed by atoms with Gasteiger partial charge in [0.1, 0.15) is 5.75 Å². The van der Waals surface area contributed by atoms with Crippen molar-refractivity contribution in [2.45, 2.75) is 46.5 Å². The number of ether oxygens (including phenoxy) is 1. The molecule has 0 spiro atoms. The average molecular weight is 325 g/mol. The number of benzene rings is 2. The largest absolute Gasteiger partial charge is 0.494 e. The summed E-state index contributed by atoms with van der Waals surface area (Å²) >= 11 is 0. The van der Waals surface area contributed by atoms with Crippen LogP contribution in [0.3, 0.4) is 0 Å². The maximum atomic E-state index is 12.0. The van der Waals surface area contributed by atoms with E-state index in [1.54, 1.807) is 0 Å². The van der Waals surface area contributed by atoms with Gasteiger partial charge >= 0.3 is 0 Å². The quantitative estimate of drug-likeness (QED) is 0.708. The number of rotatable bonds is 7. The van der Waals surface area contributed by atoms with Crippen LogP contribution in [0, 0.1) is 13.8 Å². The smallest absolute Gasteiger partial charge is 0.224 e. The van der Waals surface area contributed by atoms with Crippen molar-refractivity contribution < 1.29 is 9.53 Å². The Bertz CT molecular complexity index is 675. The van der Waals surface area contributed by atoms with Gasteiger partial charge in [-0.25, -0.2) is 0 Å². The van der Waals surface area contributed by atoms with E-state index in [9.17, 15) is 4.79 Å². The fraction of sp³-hybridized carbons (Fsp3) is 0.381. The Morgan fingerprint density at radius 1 is 1.04 bits per heavy atom. The highest BCUT2D eigenvalue weighted by Crippen LogP contribution is 2.19. The molecule has 1 N–H and O–H groups in total. The van der Waals surface area contributed by atoms with E-state index in [0.717, 1.165) is 11.4 Å². The van der Waals surface area contributed by atoms with Crippen molar-refractivity contribution in [1.29, 1.82) is 0 Å². The zero-order valence-corrected chi connectivity index (χ0v) is 15.1. The van der Waals surface area contributed by atoms with Crippen LogP contribution in [0.5, 0.6) is 5.75 Å². The third kappa shape index (κ3) is 5.41. The van der Waals surface area contributed by atoms with Gasteiger partial charge in [0, 0.05) is 12.1 Å². The number of hydrogen-bond acceptors (Lipinski definition) is 2. The summed E-state index contributed by atoms with van der Waals surface area (Å²) in [6.45, 7) is 8.99. The summed E-state index contributed by atoms with van der Waals surface area (Å²) in [6.07, 6.45) is 1.15. The van der Waals surface area contributed by atoms with E-state index in [0.29, 0.717) is 25.4 Å². The molecule has 3 nitrogen and oxygen atoms in total. The molecule has 3 heteroatoms. The Balaban J connectivity index is 1.71. The summed E-state index contributed by atoms with van der Waals surface area (Å²) in [7, 11) is 0. The molecule has 24 heavy (non-hydrogen) atoms. The highest BCUT2D eigenvalue weighted by molar-refractivity contribution is 5.90. The van der Waals surface area contributed by atoms with Crippen molar-refractivity contribution in [3.8, 4) is 5.75 Å². The Morgan fingerprint density at radius 3 is 2.38 bits per heavy atom. The molecule has 2 aromatic carbocycles. The number of amides is 1. The maximum absolute atomic E-state index is 12.0. The van der Waals surface area contributed by atoms with Gasteiger partial charge < -0.3 is 10.1 Å². The molecule has 0 unspecified atom stereocenters. The average Bonchev–Trinajstić information content (AvgIpc) is 2.55. The summed E-state index contributed by atoms with van der Waals surface area (Å²) < 4.78 is 5.70. The zero-order chi connectivity index (χ0) is 17.5. The molecule has 0 aliphatic carbocycles. The highest BCUT2D eigenvalue weighted by Gasteiger charge is 2.04. The van der Waals surface area contributed by atoms with Gasteiger partial charge in [-0.3, -0.25) is 4.79 Å². The SMILES string of the molecule is Cc1ccc(NC(=O)CCCOc2ccc(C(C)C)cc2)cc1C. The second kappa shape index (κ2) is 8.53. The number of aryl methyl sites for hydroxylation is 2. The third-order valence-corrected chi connectivity index (χ3v) is 4.15. The molecular formula is C21H27NO2. The molecule has 0 aliphatic heterocycles. The number of carbonyl (C=O) groups excluding carboxylic acids is 1. The molecule has 2 rings (SSSR count). The number of anilines is 1. The van der Waals surface area contributed by atoms with Crippen LogP contribution in [0.1, 0.15) is 49.3 Å². The third-order valence-electron chi connectivity index (χ3n) is 4.15. The van der Waals surface area contributed by atoms with Gasteiger partial charge in [0.25, 0.3) is 0 Å². The van der Waals surface area contributed by atoms with E-state index in [2.05, 4.69) is 38.2 Å². The van der Waals surface area contributed by atoms with Gasteiger partial charge in [-0.05, 0) is 67.1 Å². The van der Waals surface area contributed by atoms with Crippen molar-refractivity contribution in [3.63, 3.8) is 0 Å². The highest BCUT2D eigenvalue weighted by atomic mass is 16.5. The van der Waals surface area contributed by atoms with Crippen molar-refractivity contribution in [1.82, 2.24) is 0 Å². The molecule has 0 saturated carbocycles. The molecule has 2 aromatic rings. The van der Waals surface area contributed by atoms with Gasteiger partial charge in [-0.1, -0.05) is 32.0 Å². The summed E-state index contributed by atoms with van der Waals surface area (Å²) in [6, 6.07) is 14.1. The molecule has 0 fully saturated rings. The Morgan fingerprint density at radius 2 is 1.75 bits per heavy atom. The van der Waals surface area contributed by atoms with Crippen LogP contribution in [0.15, 0.2) is 42.5 Å². The summed E-state index contributed by atoms with van der Waals surface area (Å²) in [4.78, 5) is 12.0. The molecule has 0 bridgehead atoms. The first-order valence-electron chi connectivity index (χ1n) is 8.55. The minimum absolute atomic E-state index is 0.0250. The van der Waals surface area contributed by atoms with E-state index in [4.69, 9.17) is 4.74 Å². The lowest BCUT2D eigenvalue weighted by molar-refractivity contribution is -0.116. The fourth-order valence-corrected chi connectivity index (χ4v) is 2.41. The molecular weight excluding hydrogens is 298 g/mol. The summed E-state index contributed by atoms with van der Waals surface area (Å²) in [5.74, 6) is 1.40. The van der Waals surface area contributed by atoms with E-state index in [1.165, 1.54) is 16.7 Å². The Kier molecular flexibility index (Phi) is 6.42. The van der Waals surface area contributed by atoms with E-state index < -0.39 is 0 Å². The Hall–Kier alpha value is -2.29. The molecule has 0 aromatic heterocycles. The van der Waals surface area contributed by atoms with Crippen LogP contribution in [0.2, 0.25) is 0 Å². The first-order chi connectivity index (χ1) is 11.5. The lowest BCUT2D eigenvalue weighted by Gasteiger charge is -2.10. The molecule has 0 saturated heterocycles. The fourth-order valence-electron chi connectivity index (χ4n) is 2.41. The lowest BCUT2D eigenvalue weighted by atomic mass is 10.0. The van der Waals surface area contributed by atoms with Gasteiger partial charge in [-0.2, -0.15) is 0 Å². The van der Waals surface area contributed by atoms with Gasteiger partial charge in [-0.15, -0.1) is 0 Å². The number of carbonyl (C=O) groups is 1. The Labute approximate surface area is 145 Å². The molecule has 1 amide bonds. The zero-order valence-electron chi connectivity index (χ0n) is 15.1. The van der Waals surface area contributed by atoms with Crippen molar-refractivity contribution in [3.05, 3.63) is 59.2 Å². The minimum Gasteiger partial charge on any atom is -0.494 e. The van der Waals surface area contributed by atoms with E-state index >= 15 is 0 Å². The van der Waals surface area contributed by atoms with Crippen LogP contribution in [-0.2, 0) is 4.79 Å². The molecule has 0 aliphatic rings. The van der Waals surface area contributed by atoms with Crippen LogP contribution < -0.4 is 10.1 Å². The monoisotopic (exact) mass is 325 g/mol. The normalized spacial score (nSPS) is 10.7. The summed E-state index contributed by atoms with van der Waals surface area (Å²) in [5.41, 5.74) is 4.56. The van der Waals surface area contributed by atoms with Crippen LogP contribution in [-0.4, -0.2) is 12.5 Å². The molecule has 0 heterocycles. The van der Waals surface area contributed by atoms with Crippen LogP contribution >= 0.6 is 0 Å². The van der Waals surface area contributed by atoms with Gasteiger partial charge in [0.2, 0.25) is 5.91 Å². The van der Waals surface area contributed by atoms with Crippen molar-refractivity contribution >= 4 is 11.6 Å². The lowest BCUT2D eigenvalue weighted by Crippen LogP contribution is -2.13.